The van der Waals surface area contributed by atoms with Crippen molar-refractivity contribution in [2.24, 2.45) is 0 Å². The van der Waals surface area contributed by atoms with E-state index in [1.54, 1.807) is 24.5 Å². The van der Waals surface area contributed by atoms with Crippen molar-refractivity contribution in [1.82, 2.24) is 15.0 Å². The van der Waals surface area contributed by atoms with Gasteiger partial charge in [0, 0.05) is 17.8 Å². The molecule has 0 N–H and O–H groups in total. The first-order valence-corrected chi connectivity index (χ1v) is 6.74. The van der Waals surface area contributed by atoms with Crippen molar-refractivity contribution in [2.45, 2.75) is 0 Å². The number of thiazole rings is 1. The molecule has 0 fully saturated rings. The van der Waals surface area contributed by atoms with Gasteiger partial charge >= 0.3 is 5.63 Å². The highest BCUT2D eigenvalue weighted by Crippen LogP contribution is 2.31. The van der Waals surface area contributed by atoms with Crippen LogP contribution >= 0.6 is 11.3 Å². The van der Waals surface area contributed by atoms with Crippen molar-refractivity contribution in [2.75, 3.05) is 0 Å². The number of rotatable bonds is 1. The van der Waals surface area contributed by atoms with E-state index in [0.29, 0.717) is 21.9 Å². The second-order valence-corrected chi connectivity index (χ2v) is 5.16. The van der Waals surface area contributed by atoms with Crippen molar-refractivity contribution in [3.8, 4) is 10.8 Å². The molecule has 0 atom stereocenters. The van der Waals surface area contributed by atoms with Crippen LogP contribution in [0, 0.1) is 0 Å². The van der Waals surface area contributed by atoms with Gasteiger partial charge in [-0.1, -0.05) is 18.2 Å². The van der Waals surface area contributed by atoms with Crippen LogP contribution in [0.5, 0.6) is 0 Å². The van der Waals surface area contributed by atoms with Crippen LogP contribution in [-0.4, -0.2) is 15.0 Å². The molecule has 4 aromatic rings. The third-order valence-electron chi connectivity index (χ3n) is 2.93. The van der Waals surface area contributed by atoms with E-state index in [2.05, 4.69) is 15.0 Å². The van der Waals surface area contributed by atoms with Gasteiger partial charge in [0.05, 0.1) is 5.39 Å². The third-order valence-corrected chi connectivity index (χ3v) is 4.00. The molecule has 4 rings (SSSR count). The predicted octanol–water partition coefficient (Wildman–Crippen LogP) is 2.86. The second-order valence-electron chi connectivity index (χ2n) is 4.16. The van der Waals surface area contributed by atoms with Gasteiger partial charge in [-0.3, -0.25) is 0 Å². The molecule has 0 aliphatic rings. The lowest BCUT2D eigenvalue weighted by atomic mass is 10.2. The molecule has 3 heterocycles. The lowest BCUT2D eigenvalue weighted by Gasteiger charge is -1.94. The Kier molecular flexibility index (Phi) is 2.37. The molecule has 5 nitrogen and oxygen atoms in total. The summed E-state index contributed by atoms with van der Waals surface area (Å²) in [6, 6.07) is 9.08. The summed E-state index contributed by atoms with van der Waals surface area (Å²) in [6.07, 6.45) is 3.31. The zero-order valence-electron chi connectivity index (χ0n) is 10.1. The molecule has 6 heteroatoms. The topological polar surface area (TPSA) is 68.9 Å². The first-order valence-electron chi connectivity index (χ1n) is 5.93. The average Bonchev–Trinajstić information content (AvgIpc) is 2.93. The molecule has 0 saturated heterocycles. The van der Waals surface area contributed by atoms with Crippen LogP contribution in [-0.2, 0) is 0 Å². The van der Waals surface area contributed by atoms with E-state index < -0.39 is 0 Å². The van der Waals surface area contributed by atoms with Crippen LogP contribution in [0.1, 0.15) is 0 Å². The summed E-state index contributed by atoms with van der Waals surface area (Å²) >= 11 is 1.42. The lowest BCUT2D eigenvalue weighted by molar-refractivity contribution is 0.560. The summed E-state index contributed by atoms with van der Waals surface area (Å²) in [4.78, 5) is 24.6. The molecule has 0 saturated carbocycles. The van der Waals surface area contributed by atoms with Crippen molar-refractivity contribution < 1.29 is 4.42 Å². The van der Waals surface area contributed by atoms with Crippen LogP contribution in [0.4, 0.5) is 0 Å². The van der Waals surface area contributed by atoms with Crippen LogP contribution < -0.4 is 5.63 Å². The maximum Gasteiger partial charge on any atom is 0.345 e. The van der Waals surface area contributed by atoms with Crippen LogP contribution in [0.3, 0.4) is 0 Å². The molecule has 0 aliphatic carbocycles. The number of hydrogen-bond donors (Lipinski definition) is 0. The molecule has 3 aromatic heterocycles. The van der Waals surface area contributed by atoms with Crippen LogP contribution in [0.15, 0.2) is 51.9 Å². The maximum absolute atomic E-state index is 11.9. The second kappa shape index (κ2) is 4.21. The molecule has 0 unspecified atom stereocenters. The van der Waals surface area contributed by atoms with Gasteiger partial charge in [-0.2, -0.15) is 4.98 Å². The number of fused-ring (bicyclic) bond motifs is 3. The monoisotopic (exact) mass is 281 g/mol. The first-order chi connectivity index (χ1) is 9.83. The zero-order valence-corrected chi connectivity index (χ0v) is 10.9. The Morgan fingerprint density at radius 1 is 1.00 bits per heavy atom. The van der Waals surface area contributed by atoms with Crippen LogP contribution in [0.25, 0.3) is 32.0 Å². The standard InChI is InChI=1S/C14H7N3O2S/c18-14-9-5-2-1-4-8(9)10-12(19-14)17-13(20-10)11-15-6-3-7-16-11/h1-7H. The third kappa shape index (κ3) is 1.62. The van der Waals surface area contributed by atoms with E-state index in [-0.39, 0.29) is 5.63 Å². The fourth-order valence-corrected chi connectivity index (χ4v) is 3.03. The van der Waals surface area contributed by atoms with E-state index in [1.807, 2.05) is 18.2 Å². The minimum absolute atomic E-state index is 0.334. The van der Waals surface area contributed by atoms with Gasteiger partial charge in [0.15, 0.2) is 10.8 Å². The Hall–Kier alpha value is -2.60. The normalized spacial score (nSPS) is 11.2. The largest absolute Gasteiger partial charge is 0.402 e. The zero-order chi connectivity index (χ0) is 13.5. The molecule has 0 bridgehead atoms. The molecule has 0 aliphatic heterocycles. The minimum Gasteiger partial charge on any atom is -0.402 e. The highest BCUT2D eigenvalue weighted by atomic mass is 32.1. The number of hydrogen-bond acceptors (Lipinski definition) is 6. The van der Waals surface area contributed by atoms with E-state index in [0.717, 1.165) is 10.1 Å². The summed E-state index contributed by atoms with van der Waals surface area (Å²) in [5.41, 5.74) is -0.0416. The number of benzene rings is 1. The number of nitrogens with zero attached hydrogens (tertiary/aromatic N) is 3. The van der Waals surface area contributed by atoms with Gasteiger partial charge in [0.1, 0.15) is 4.70 Å². The molecular formula is C14H7N3O2S. The summed E-state index contributed by atoms with van der Waals surface area (Å²) in [6.45, 7) is 0. The van der Waals surface area contributed by atoms with E-state index in [9.17, 15) is 4.79 Å². The summed E-state index contributed by atoms with van der Waals surface area (Å²) in [5, 5.41) is 2.04. The Labute approximate surface area is 116 Å². The van der Waals surface area contributed by atoms with E-state index in [1.165, 1.54) is 11.3 Å². The lowest BCUT2D eigenvalue weighted by Crippen LogP contribution is -1.98. The summed E-state index contributed by atoms with van der Waals surface area (Å²) in [5.74, 6) is 0.528. The summed E-state index contributed by atoms with van der Waals surface area (Å²) < 4.78 is 6.10. The predicted molar refractivity (Wildman–Crippen MR) is 76.7 cm³/mol. The highest BCUT2D eigenvalue weighted by Gasteiger charge is 2.14. The van der Waals surface area contributed by atoms with Gasteiger partial charge in [0.2, 0.25) is 5.71 Å². The number of aromatic nitrogens is 3. The summed E-state index contributed by atoms with van der Waals surface area (Å²) in [7, 11) is 0. The average molecular weight is 281 g/mol. The van der Waals surface area contributed by atoms with Crippen molar-refractivity contribution in [3.05, 3.63) is 53.1 Å². The maximum atomic E-state index is 11.9. The van der Waals surface area contributed by atoms with E-state index in [4.69, 9.17) is 4.42 Å². The van der Waals surface area contributed by atoms with Gasteiger partial charge in [-0.05, 0) is 12.1 Å². The molecule has 0 spiro atoms. The van der Waals surface area contributed by atoms with Crippen LogP contribution in [0.2, 0.25) is 0 Å². The van der Waals surface area contributed by atoms with Gasteiger partial charge in [0.25, 0.3) is 0 Å². The smallest absolute Gasteiger partial charge is 0.345 e. The van der Waals surface area contributed by atoms with Crippen molar-refractivity contribution in [1.29, 1.82) is 0 Å². The fraction of sp³-hybridized carbons (Fsp3) is 0. The SMILES string of the molecule is O=c1oc2nc(-c3ncccn3)sc2c2ccccc12. The Bertz CT molecular complexity index is 976. The van der Waals surface area contributed by atoms with Gasteiger partial charge < -0.3 is 4.42 Å². The molecule has 1 aromatic carbocycles. The first kappa shape index (κ1) is 11.2. The molecule has 96 valence electrons. The Morgan fingerprint density at radius 2 is 1.75 bits per heavy atom. The Balaban J connectivity index is 2.10. The fourth-order valence-electron chi connectivity index (χ4n) is 2.05. The molecular weight excluding hydrogens is 274 g/mol. The van der Waals surface area contributed by atoms with E-state index >= 15 is 0 Å². The molecule has 20 heavy (non-hydrogen) atoms. The minimum atomic E-state index is -0.376. The van der Waals surface area contributed by atoms with Crippen molar-refractivity contribution in [3.63, 3.8) is 0 Å². The Morgan fingerprint density at radius 3 is 2.55 bits per heavy atom. The molecule has 0 amide bonds. The quantitative estimate of drug-likeness (QED) is 0.536. The van der Waals surface area contributed by atoms with Crippen molar-refractivity contribution >= 4 is 32.5 Å². The highest BCUT2D eigenvalue weighted by molar-refractivity contribution is 7.22. The molecule has 0 radical (unpaired) electrons. The van der Waals surface area contributed by atoms with Gasteiger partial charge in [-0.15, -0.1) is 11.3 Å². The van der Waals surface area contributed by atoms with Gasteiger partial charge in [-0.25, -0.2) is 14.8 Å².